The summed E-state index contributed by atoms with van der Waals surface area (Å²) < 4.78 is 2.04. The van der Waals surface area contributed by atoms with Crippen molar-refractivity contribution >= 4 is 11.9 Å². The zero-order valence-electron chi connectivity index (χ0n) is 23.4. The molecule has 2 aromatic carbocycles. The molecular formula is C32H42N6O2. The van der Waals surface area contributed by atoms with Crippen molar-refractivity contribution in [3.8, 4) is 0 Å². The Morgan fingerprint density at radius 2 is 1.65 bits per heavy atom. The molecule has 40 heavy (non-hydrogen) atoms. The molecule has 1 aromatic heterocycles. The minimum absolute atomic E-state index is 0.0195. The van der Waals surface area contributed by atoms with Crippen LogP contribution >= 0.6 is 0 Å². The summed E-state index contributed by atoms with van der Waals surface area (Å²) in [6, 6.07) is 20.1. The van der Waals surface area contributed by atoms with E-state index < -0.39 is 6.04 Å². The number of nitrogens with one attached hydrogen (secondary N) is 1. The second-order valence-corrected chi connectivity index (χ2v) is 11.1. The molecule has 3 aromatic rings. The molecular weight excluding hydrogens is 500 g/mol. The number of benzene rings is 2. The minimum atomic E-state index is -0.530. The molecule has 5 rings (SSSR count). The van der Waals surface area contributed by atoms with Crippen molar-refractivity contribution in [2.75, 3.05) is 26.2 Å². The largest absolute Gasteiger partial charge is 0.337 e. The van der Waals surface area contributed by atoms with E-state index in [0.29, 0.717) is 26.2 Å². The summed E-state index contributed by atoms with van der Waals surface area (Å²) in [5, 5.41) is 3.28. The summed E-state index contributed by atoms with van der Waals surface area (Å²) in [5.74, 6) is 0.0195. The molecule has 2 fully saturated rings. The topological polar surface area (TPSA) is 73.7 Å². The number of urea groups is 1. The average molecular weight is 543 g/mol. The van der Waals surface area contributed by atoms with Crippen molar-refractivity contribution in [1.82, 2.24) is 29.6 Å². The first-order valence-electron chi connectivity index (χ1n) is 14.8. The first kappa shape index (κ1) is 27.9. The standard InChI is InChI=1S/C32H42N6O2/c39-31(37(24-28-13-6-2-7-14-28)19-10-18-35-20-17-33-26-35)30-25-36(23-27-11-4-1-5-12-27)21-22-38(30)32(40)34-29-15-8-3-9-16-29/h1-2,4-7,11-14,17,20,26,29-30H,3,8-10,15-16,18-19,21-25H2,(H,34,40)/t30-/m1/s1. The summed E-state index contributed by atoms with van der Waals surface area (Å²) in [4.78, 5) is 38.2. The zero-order chi connectivity index (χ0) is 27.6. The van der Waals surface area contributed by atoms with E-state index in [1.807, 2.05) is 63.3 Å². The molecule has 1 aliphatic carbocycles. The van der Waals surface area contributed by atoms with Crippen molar-refractivity contribution in [3.63, 3.8) is 0 Å². The Bertz CT molecular complexity index is 1180. The number of hydrogen-bond acceptors (Lipinski definition) is 4. The van der Waals surface area contributed by atoms with Gasteiger partial charge in [0.05, 0.1) is 6.33 Å². The molecule has 2 heterocycles. The van der Waals surface area contributed by atoms with Gasteiger partial charge in [-0.15, -0.1) is 0 Å². The molecule has 8 heteroatoms. The molecule has 2 aliphatic rings. The Balaban J connectivity index is 1.34. The molecule has 0 spiro atoms. The third-order valence-electron chi connectivity index (χ3n) is 8.12. The Kier molecular flexibility index (Phi) is 9.85. The highest BCUT2D eigenvalue weighted by molar-refractivity contribution is 5.87. The van der Waals surface area contributed by atoms with Gasteiger partial charge in [0.2, 0.25) is 5.91 Å². The summed E-state index contributed by atoms with van der Waals surface area (Å²) in [7, 11) is 0. The van der Waals surface area contributed by atoms with Crippen LogP contribution < -0.4 is 5.32 Å². The van der Waals surface area contributed by atoms with E-state index in [1.54, 1.807) is 6.20 Å². The van der Waals surface area contributed by atoms with Crippen molar-refractivity contribution in [2.24, 2.45) is 0 Å². The number of carbonyl (C=O) groups excluding carboxylic acids is 2. The van der Waals surface area contributed by atoms with E-state index in [-0.39, 0.29) is 18.0 Å². The highest BCUT2D eigenvalue weighted by Crippen LogP contribution is 2.21. The lowest BCUT2D eigenvalue weighted by Crippen LogP contribution is -2.63. The molecule has 1 saturated heterocycles. The van der Waals surface area contributed by atoms with Crippen LogP contribution in [0.2, 0.25) is 0 Å². The lowest BCUT2D eigenvalue weighted by atomic mass is 9.95. The third-order valence-corrected chi connectivity index (χ3v) is 8.12. The second kappa shape index (κ2) is 14.1. The quantitative estimate of drug-likeness (QED) is 0.409. The monoisotopic (exact) mass is 542 g/mol. The van der Waals surface area contributed by atoms with Gasteiger partial charge in [0.15, 0.2) is 0 Å². The Morgan fingerprint density at radius 1 is 0.925 bits per heavy atom. The predicted molar refractivity (Wildman–Crippen MR) is 156 cm³/mol. The maximum absolute atomic E-state index is 14.4. The number of rotatable bonds is 10. The van der Waals surface area contributed by atoms with Gasteiger partial charge in [-0.1, -0.05) is 79.9 Å². The second-order valence-electron chi connectivity index (χ2n) is 11.1. The third kappa shape index (κ3) is 7.72. The summed E-state index contributed by atoms with van der Waals surface area (Å²) in [6.07, 6.45) is 11.9. The maximum atomic E-state index is 14.4. The highest BCUT2D eigenvalue weighted by Gasteiger charge is 2.38. The van der Waals surface area contributed by atoms with Crippen molar-refractivity contribution < 1.29 is 9.59 Å². The van der Waals surface area contributed by atoms with Gasteiger partial charge in [-0.3, -0.25) is 9.69 Å². The lowest BCUT2D eigenvalue weighted by molar-refractivity contribution is -0.139. The first-order valence-corrected chi connectivity index (χ1v) is 14.8. The van der Waals surface area contributed by atoms with Crippen LogP contribution in [-0.4, -0.2) is 74.5 Å². The van der Waals surface area contributed by atoms with E-state index in [9.17, 15) is 9.59 Å². The van der Waals surface area contributed by atoms with Crippen LogP contribution in [0.25, 0.3) is 0 Å². The fraction of sp³-hybridized carbons (Fsp3) is 0.469. The van der Waals surface area contributed by atoms with E-state index in [2.05, 4.69) is 39.5 Å². The number of imidazole rings is 1. The smallest absolute Gasteiger partial charge is 0.318 e. The summed E-state index contributed by atoms with van der Waals surface area (Å²) >= 11 is 0. The minimum Gasteiger partial charge on any atom is -0.337 e. The highest BCUT2D eigenvalue weighted by atomic mass is 16.2. The van der Waals surface area contributed by atoms with Crippen LogP contribution in [0, 0.1) is 0 Å². The van der Waals surface area contributed by atoms with Gasteiger partial charge in [0.1, 0.15) is 6.04 Å². The number of amides is 3. The van der Waals surface area contributed by atoms with Gasteiger partial charge < -0.3 is 19.7 Å². The number of carbonyl (C=O) groups is 2. The van der Waals surface area contributed by atoms with Crippen LogP contribution in [0.5, 0.6) is 0 Å². The number of aryl methyl sites for hydroxylation is 1. The maximum Gasteiger partial charge on any atom is 0.318 e. The van der Waals surface area contributed by atoms with Gasteiger partial charge >= 0.3 is 6.03 Å². The normalized spacial score (nSPS) is 18.4. The van der Waals surface area contributed by atoms with E-state index in [1.165, 1.54) is 12.0 Å². The molecule has 0 bridgehead atoms. The molecule has 0 unspecified atom stereocenters. The van der Waals surface area contributed by atoms with Crippen molar-refractivity contribution in [1.29, 1.82) is 0 Å². The number of piperazine rings is 1. The van der Waals surface area contributed by atoms with Gasteiger partial charge in [0.25, 0.3) is 0 Å². The molecule has 3 amide bonds. The SMILES string of the molecule is O=C([C@H]1CN(Cc2ccccc2)CCN1C(=O)NC1CCCCC1)N(CCCn1ccnc1)Cc1ccccc1. The average Bonchev–Trinajstić information content (AvgIpc) is 3.51. The van der Waals surface area contributed by atoms with Gasteiger partial charge in [0, 0.05) is 64.2 Å². The van der Waals surface area contributed by atoms with Gasteiger partial charge in [-0.2, -0.15) is 0 Å². The van der Waals surface area contributed by atoms with Gasteiger partial charge in [-0.05, 0) is 30.4 Å². The first-order chi connectivity index (χ1) is 19.7. The fourth-order valence-corrected chi connectivity index (χ4v) is 5.93. The Morgan fingerprint density at radius 3 is 2.35 bits per heavy atom. The van der Waals surface area contributed by atoms with Crippen molar-refractivity contribution in [3.05, 3.63) is 90.5 Å². The van der Waals surface area contributed by atoms with Crippen LogP contribution in [0.3, 0.4) is 0 Å². The fourth-order valence-electron chi connectivity index (χ4n) is 5.93. The number of nitrogens with zero attached hydrogens (tertiary/aromatic N) is 5. The van der Waals surface area contributed by atoms with E-state index >= 15 is 0 Å². The Labute approximate surface area is 238 Å². The van der Waals surface area contributed by atoms with Crippen LogP contribution in [0.15, 0.2) is 79.4 Å². The van der Waals surface area contributed by atoms with Crippen LogP contribution in [0.4, 0.5) is 4.79 Å². The van der Waals surface area contributed by atoms with Crippen LogP contribution in [-0.2, 0) is 24.4 Å². The summed E-state index contributed by atoms with van der Waals surface area (Å²) in [5.41, 5.74) is 2.31. The molecule has 1 N–H and O–H groups in total. The number of aromatic nitrogens is 2. The predicted octanol–water partition coefficient (Wildman–Crippen LogP) is 4.53. The van der Waals surface area contributed by atoms with Crippen molar-refractivity contribution in [2.45, 2.75) is 70.2 Å². The van der Waals surface area contributed by atoms with Crippen LogP contribution in [0.1, 0.15) is 49.7 Å². The zero-order valence-corrected chi connectivity index (χ0v) is 23.4. The van der Waals surface area contributed by atoms with E-state index in [4.69, 9.17) is 0 Å². The molecule has 1 aliphatic heterocycles. The molecule has 8 nitrogen and oxygen atoms in total. The number of hydrogen-bond donors (Lipinski definition) is 1. The molecule has 1 saturated carbocycles. The summed E-state index contributed by atoms with van der Waals surface area (Å²) in [6.45, 7) is 4.50. The van der Waals surface area contributed by atoms with Gasteiger partial charge in [-0.25, -0.2) is 9.78 Å². The molecule has 0 radical (unpaired) electrons. The Hall–Kier alpha value is -3.65. The lowest BCUT2D eigenvalue weighted by Gasteiger charge is -2.43. The van der Waals surface area contributed by atoms with E-state index in [0.717, 1.165) is 57.3 Å². The molecule has 212 valence electrons. The molecule has 1 atom stereocenters.